The normalized spacial score (nSPS) is 10.2. The Bertz CT molecular complexity index is 559. The van der Waals surface area contributed by atoms with Gasteiger partial charge in [0.05, 0.1) is 7.11 Å². The SMILES string of the molecule is CCNc1cc(N(C)Cc2cccc(OC)c2)ncn1. The van der Waals surface area contributed by atoms with E-state index in [1.807, 2.05) is 38.2 Å². The van der Waals surface area contributed by atoms with E-state index >= 15 is 0 Å². The van der Waals surface area contributed by atoms with Crippen LogP contribution >= 0.6 is 0 Å². The highest BCUT2D eigenvalue weighted by Crippen LogP contribution is 2.18. The lowest BCUT2D eigenvalue weighted by molar-refractivity contribution is 0.414. The second kappa shape index (κ2) is 6.75. The second-order valence-electron chi connectivity index (χ2n) is 4.50. The van der Waals surface area contributed by atoms with Crippen LogP contribution in [0.5, 0.6) is 5.75 Å². The molecular weight excluding hydrogens is 252 g/mol. The van der Waals surface area contributed by atoms with E-state index in [1.165, 1.54) is 5.56 Å². The van der Waals surface area contributed by atoms with Gasteiger partial charge in [0.25, 0.3) is 0 Å². The Labute approximate surface area is 119 Å². The third-order valence-corrected chi connectivity index (χ3v) is 2.96. The van der Waals surface area contributed by atoms with Gasteiger partial charge in [0.1, 0.15) is 23.7 Å². The fourth-order valence-corrected chi connectivity index (χ4v) is 1.96. The Kier molecular flexibility index (Phi) is 4.76. The molecule has 0 aliphatic carbocycles. The first-order valence-electron chi connectivity index (χ1n) is 6.63. The Morgan fingerprint density at radius 2 is 2.10 bits per heavy atom. The molecule has 1 N–H and O–H groups in total. The van der Waals surface area contributed by atoms with Crippen LogP contribution in [0.2, 0.25) is 0 Å². The average molecular weight is 272 g/mol. The number of anilines is 2. The van der Waals surface area contributed by atoms with Crippen molar-refractivity contribution in [1.82, 2.24) is 9.97 Å². The number of nitrogens with one attached hydrogen (secondary N) is 1. The van der Waals surface area contributed by atoms with Gasteiger partial charge in [-0.1, -0.05) is 12.1 Å². The lowest BCUT2D eigenvalue weighted by Crippen LogP contribution is -2.18. The molecule has 0 saturated carbocycles. The van der Waals surface area contributed by atoms with Crippen molar-refractivity contribution in [2.75, 3.05) is 30.9 Å². The summed E-state index contributed by atoms with van der Waals surface area (Å²) in [7, 11) is 3.69. The van der Waals surface area contributed by atoms with E-state index in [0.717, 1.165) is 30.5 Å². The van der Waals surface area contributed by atoms with Gasteiger partial charge in [0.15, 0.2) is 0 Å². The zero-order valence-electron chi connectivity index (χ0n) is 12.1. The topological polar surface area (TPSA) is 50.3 Å². The Morgan fingerprint density at radius 1 is 1.25 bits per heavy atom. The van der Waals surface area contributed by atoms with Crippen LogP contribution in [0.1, 0.15) is 12.5 Å². The van der Waals surface area contributed by atoms with Crippen molar-refractivity contribution in [2.45, 2.75) is 13.5 Å². The second-order valence-corrected chi connectivity index (χ2v) is 4.50. The minimum atomic E-state index is 0.764. The molecule has 1 aromatic heterocycles. The van der Waals surface area contributed by atoms with Gasteiger partial charge in [-0.3, -0.25) is 0 Å². The van der Waals surface area contributed by atoms with Crippen LogP contribution in [0.25, 0.3) is 0 Å². The first-order valence-corrected chi connectivity index (χ1v) is 6.63. The fourth-order valence-electron chi connectivity index (χ4n) is 1.96. The van der Waals surface area contributed by atoms with E-state index < -0.39 is 0 Å². The van der Waals surface area contributed by atoms with Crippen LogP contribution < -0.4 is 15.0 Å². The molecule has 0 spiro atoms. The van der Waals surface area contributed by atoms with Crippen LogP contribution in [-0.4, -0.2) is 30.7 Å². The summed E-state index contributed by atoms with van der Waals surface area (Å²) in [4.78, 5) is 10.6. The lowest BCUT2D eigenvalue weighted by atomic mass is 10.2. The first-order chi connectivity index (χ1) is 9.72. The number of nitrogens with zero attached hydrogens (tertiary/aromatic N) is 3. The molecule has 0 unspecified atom stereocenters. The summed E-state index contributed by atoms with van der Waals surface area (Å²) in [6.07, 6.45) is 1.58. The summed E-state index contributed by atoms with van der Waals surface area (Å²) in [5.41, 5.74) is 1.18. The molecule has 20 heavy (non-hydrogen) atoms. The van der Waals surface area contributed by atoms with Crippen LogP contribution in [0.3, 0.4) is 0 Å². The maximum absolute atomic E-state index is 5.24. The number of benzene rings is 1. The third-order valence-electron chi connectivity index (χ3n) is 2.96. The molecule has 0 radical (unpaired) electrons. The van der Waals surface area contributed by atoms with E-state index in [-0.39, 0.29) is 0 Å². The zero-order chi connectivity index (χ0) is 14.4. The Hall–Kier alpha value is -2.30. The molecule has 0 amide bonds. The smallest absolute Gasteiger partial charge is 0.134 e. The molecule has 0 atom stereocenters. The van der Waals surface area contributed by atoms with Gasteiger partial charge in [0, 0.05) is 26.2 Å². The average Bonchev–Trinajstić information content (AvgIpc) is 2.48. The van der Waals surface area contributed by atoms with Crippen molar-refractivity contribution >= 4 is 11.6 Å². The van der Waals surface area contributed by atoms with Gasteiger partial charge in [-0.05, 0) is 24.6 Å². The highest BCUT2D eigenvalue weighted by Gasteiger charge is 2.06. The Balaban J connectivity index is 2.10. The molecule has 0 aliphatic rings. The summed E-state index contributed by atoms with van der Waals surface area (Å²) in [6.45, 7) is 3.65. The van der Waals surface area contributed by atoms with Crippen molar-refractivity contribution in [1.29, 1.82) is 0 Å². The Morgan fingerprint density at radius 3 is 2.85 bits per heavy atom. The minimum Gasteiger partial charge on any atom is -0.497 e. The summed E-state index contributed by atoms with van der Waals surface area (Å²) < 4.78 is 5.24. The van der Waals surface area contributed by atoms with Crippen LogP contribution in [0, 0.1) is 0 Å². The highest BCUT2D eigenvalue weighted by atomic mass is 16.5. The molecule has 1 aromatic carbocycles. The number of hydrogen-bond donors (Lipinski definition) is 1. The van der Waals surface area contributed by atoms with Crippen LogP contribution in [0.4, 0.5) is 11.6 Å². The van der Waals surface area contributed by atoms with E-state index in [0.29, 0.717) is 0 Å². The molecule has 0 bridgehead atoms. The predicted octanol–water partition coefficient (Wildman–Crippen LogP) is 2.55. The molecule has 0 saturated heterocycles. The van der Waals surface area contributed by atoms with Gasteiger partial charge < -0.3 is 15.0 Å². The van der Waals surface area contributed by atoms with E-state index in [1.54, 1.807) is 13.4 Å². The standard InChI is InChI=1S/C15H20N4O/c1-4-16-14-9-15(18-11-17-14)19(2)10-12-6-5-7-13(8-12)20-3/h5-9,11H,4,10H2,1-3H3,(H,16,17,18). The van der Waals surface area contributed by atoms with Gasteiger partial charge >= 0.3 is 0 Å². The van der Waals surface area contributed by atoms with Crippen molar-refractivity contribution in [3.63, 3.8) is 0 Å². The van der Waals surface area contributed by atoms with Gasteiger partial charge in [-0.25, -0.2) is 9.97 Å². The van der Waals surface area contributed by atoms with Gasteiger partial charge in [0.2, 0.25) is 0 Å². The van der Waals surface area contributed by atoms with Gasteiger partial charge in [-0.15, -0.1) is 0 Å². The minimum absolute atomic E-state index is 0.764. The summed E-state index contributed by atoms with van der Waals surface area (Å²) in [5.74, 6) is 2.60. The summed E-state index contributed by atoms with van der Waals surface area (Å²) in [6, 6.07) is 9.99. The molecular formula is C15H20N4O. The van der Waals surface area contributed by atoms with Crippen molar-refractivity contribution in [3.05, 3.63) is 42.2 Å². The fraction of sp³-hybridized carbons (Fsp3) is 0.333. The van der Waals surface area contributed by atoms with E-state index in [9.17, 15) is 0 Å². The van der Waals surface area contributed by atoms with E-state index in [4.69, 9.17) is 4.74 Å². The highest BCUT2D eigenvalue weighted by molar-refractivity contribution is 5.48. The molecule has 0 aliphatic heterocycles. The summed E-state index contributed by atoms with van der Waals surface area (Å²) in [5, 5.41) is 3.19. The van der Waals surface area contributed by atoms with Crippen LogP contribution in [-0.2, 0) is 6.54 Å². The third kappa shape index (κ3) is 3.60. The molecule has 1 heterocycles. The monoisotopic (exact) mass is 272 g/mol. The first kappa shape index (κ1) is 14.1. The molecule has 0 fully saturated rings. The summed E-state index contributed by atoms with van der Waals surface area (Å²) >= 11 is 0. The maximum atomic E-state index is 5.24. The predicted molar refractivity (Wildman–Crippen MR) is 81.3 cm³/mol. The number of ether oxygens (including phenoxy) is 1. The number of aromatic nitrogens is 2. The van der Waals surface area contributed by atoms with Gasteiger partial charge in [-0.2, -0.15) is 0 Å². The number of methoxy groups -OCH3 is 1. The number of hydrogen-bond acceptors (Lipinski definition) is 5. The molecule has 106 valence electrons. The van der Waals surface area contributed by atoms with E-state index in [2.05, 4.69) is 26.3 Å². The lowest BCUT2D eigenvalue weighted by Gasteiger charge is -2.19. The molecule has 2 aromatic rings. The molecule has 2 rings (SSSR count). The molecule has 5 nitrogen and oxygen atoms in total. The largest absolute Gasteiger partial charge is 0.497 e. The van der Waals surface area contributed by atoms with Crippen LogP contribution in [0.15, 0.2) is 36.7 Å². The van der Waals surface area contributed by atoms with Crippen molar-refractivity contribution < 1.29 is 4.74 Å². The number of rotatable bonds is 6. The van der Waals surface area contributed by atoms with Crippen molar-refractivity contribution in [2.24, 2.45) is 0 Å². The zero-order valence-corrected chi connectivity index (χ0v) is 12.1. The van der Waals surface area contributed by atoms with Crippen molar-refractivity contribution in [3.8, 4) is 5.75 Å². The molecule has 5 heteroatoms. The quantitative estimate of drug-likeness (QED) is 0.875. The maximum Gasteiger partial charge on any atom is 0.134 e.